The van der Waals surface area contributed by atoms with Crippen LogP contribution >= 0.6 is 0 Å². The van der Waals surface area contributed by atoms with Crippen LogP contribution in [0.5, 0.6) is 0 Å². The van der Waals surface area contributed by atoms with E-state index in [1.54, 1.807) is 0 Å². The Hall–Kier alpha value is -0.650. The first kappa shape index (κ1) is 15.7. The Morgan fingerprint density at radius 3 is 2.15 bits per heavy atom. The molecule has 116 valence electrons. The molecular weight excluding hydrogens is 254 g/mol. The van der Waals surface area contributed by atoms with Gasteiger partial charge in [-0.3, -0.25) is 14.6 Å². The first-order valence-corrected chi connectivity index (χ1v) is 8.13. The molecule has 0 bridgehead atoms. The van der Waals surface area contributed by atoms with E-state index in [2.05, 4.69) is 14.7 Å². The van der Waals surface area contributed by atoms with Gasteiger partial charge in [0.05, 0.1) is 13.2 Å². The van der Waals surface area contributed by atoms with Gasteiger partial charge in [0.1, 0.15) is 0 Å². The molecule has 0 aromatic rings. The smallest absolute Gasteiger partial charge is 0.236 e. The predicted molar refractivity (Wildman–Crippen MR) is 79.6 cm³/mol. The van der Waals surface area contributed by atoms with Crippen LogP contribution in [0.15, 0.2) is 0 Å². The summed E-state index contributed by atoms with van der Waals surface area (Å²) in [5.74, 6) is 0.308. The van der Waals surface area contributed by atoms with E-state index in [9.17, 15) is 4.79 Å². The van der Waals surface area contributed by atoms with E-state index in [0.29, 0.717) is 12.5 Å². The second kappa shape index (κ2) is 8.60. The summed E-state index contributed by atoms with van der Waals surface area (Å²) in [6.45, 7) is 7.41. The van der Waals surface area contributed by atoms with Gasteiger partial charge in [-0.05, 0) is 32.4 Å². The summed E-state index contributed by atoms with van der Waals surface area (Å²) in [5.41, 5.74) is 0. The van der Waals surface area contributed by atoms with Gasteiger partial charge in [0.25, 0.3) is 0 Å². The van der Waals surface area contributed by atoms with Gasteiger partial charge in [0.2, 0.25) is 5.91 Å². The number of rotatable bonds is 4. The molecule has 2 saturated heterocycles. The molecule has 1 N–H and O–H groups in total. The average molecular weight is 283 g/mol. The van der Waals surface area contributed by atoms with Crippen molar-refractivity contribution in [3.63, 3.8) is 0 Å². The van der Waals surface area contributed by atoms with E-state index in [-0.39, 0.29) is 6.61 Å². The highest BCUT2D eigenvalue weighted by Crippen LogP contribution is 2.11. The van der Waals surface area contributed by atoms with Gasteiger partial charge in [-0.15, -0.1) is 0 Å². The summed E-state index contributed by atoms with van der Waals surface area (Å²) < 4.78 is 0. The molecule has 5 heteroatoms. The van der Waals surface area contributed by atoms with Crippen molar-refractivity contribution < 1.29 is 9.90 Å². The Kier molecular flexibility index (Phi) is 6.76. The zero-order valence-electron chi connectivity index (χ0n) is 12.6. The van der Waals surface area contributed by atoms with Crippen LogP contribution in [0, 0.1) is 0 Å². The van der Waals surface area contributed by atoms with Gasteiger partial charge in [0, 0.05) is 32.7 Å². The third-order valence-corrected chi connectivity index (χ3v) is 4.42. The summed E-state index contributed by atoms with van der Waals surface area (Å²) in [4.78, 5) is 19.0. The number of aliphatic hydroxyl groups excluding tert-OH is 1. The molecule has 0 radical (unpaired) electrons. The number of hydrogen-bond donors (Lipinski definition) is 1. The first-order valence-electron chi connectivity index (χ1n) is 8.13. The number of carbonyl (C=O) groups excluding carboxylic acids is 1. The fraction of sp³-hybridized carbons (Fsp3) is 0.933. The van der Waals surface area contributed by atoms with Crippen LogP contribution < -0.4 is 0 Å². The van der Waals surface area contributed by atoms with Gasteiger partial charge in [-0.2, -0.15) is 0 Å². The van der Waals surface area contributed by atoms with Gasteiger partial charge in [-0.25, -0.2) is 0 Å². The van der Waals surface area contributed by atoms with E-state index in [1.165, 1.54) is 12.8 Å². The SMILES string of the molecule is O=C(CN1CCCN(CCO)CC1)N1CCCCCC1. The van der Waals surface area contributed by atoms with E-state index in [1.807, 2.05) is 0 Å². The highest BCUT2D eigenvalue weighted by atomic mass is 16.3. The fourth-order valence-corrected chi connectivity index (χ4v) is 3.16. The molecule has 2 heterocycles. The zero-order valence-corrected chi connectivity index (χ0v) is 12.6. The Bertz CT molecular complexity index is 291. The van der Waals surface area contributed by atoms with E-state index in [4.69, 9.17) is 5.11 Å². The maximum Gasteiger partial charge on any atom is 0.236 e. The number of β-amino-alcohol motifs (C(OH)–C–C–N with tert-alkyl or cyclic N) is 1. The lowest BCUT2D eigenvalue weighted by molar-refractivity contribution is -0.132. The molecule has 0 spiro atoms. The van der Waals surface area contributed by atoms with Gasteiger partial charge >= 0.3 is 0 Å². The Morgan fingerprint density at radius 1 is 0.800 bits per heavy atom. The highest BCUT2D eigenvalue weighted by Gasteiger charge is 2.20. The van der Waals surface area contributed by atoms with Crippen LogP contribution in [0.1, 0.15) is 32.1 Å². The third-order valence-electron chi connectivity index (χ3n) is 4.42. The van der Waals surface area contributed by atoms with Gasteiger partial charge in [-0.1, -0.05) is 12.8 Å². The normalized spacial score (nSPS) is 23.4. The first-order chi connectivity index (χ1) is 9.79. The second-order valence-electron chi connectivity index (χ2n) is 5.99. The summed E-state index contributed by atoms with van der Waals surface area (Å²) in [5, 5.41) is 9.00. The summed E-state index contributed by atoms with van der Waals surface area (Å²) in [7, 11) is 0. The molecule has 0 aliphatic carbocycles. The number of carbonyl (C=O) groups is 1. The lowest BCUT2D eigenvalue weighted by Gasteiger charge is -2.25. The molecule has 2 rings (SSSR count). The van der Waals surface area contributed by atoms with Crippen LogP contribution in [0.2, 0.25) is 0 Å². The van der Waals surface area contributed by atoms with E-state index in [0.717, 1.165) is 65.1 Å². The maximum atomic E-state index is 12.4. The molecule has 0 saturated carbocycles. The number of likely N-dealkylation sites (tertiary alicyclic amines) is 1. The zero-order chi connectivity index (χ0) is 14.2. The van der Waals surface area contributed by atoms with Crippen LogP contribution in [0.3, 0.4) is 0 Å². The molecule has 20 heavy (non-hydrogen) atoms. The Labute approximate surface area is 122 Å². The number of aliphatic hydroxyl groups is 1. The van der Waals surface area contributed by atoms with Crippen molar-refractivity contribution in [2.24, 2.45) is 0 Å². The maximum absolute atomic E-state index is 12.4. The van der Waals surface area contributed by atoms with Crippen molar-refractivity contribution in [3.05, 3.63) is 0 Å². The van der Waals surface area contributed by atoms with Gasteiger partial charge < -0.3 is 10.0 Å². The molecule has 0 aromatic heterocycles. The average Bonchev–Trinajstić information content (AvgIpc) is 2.82. The van der Waals surface area contributed by atoms with E-state index >= 15 is 0 Å². The topological polar surface area (TPSA) is 47.0 Å². The van der Waals surface area contributed by atoms with Crippen molar-refractivity contribution in [3.8, 4) is 0 Å². The molecule has 0 atom stereocenters. The molecule has 2 fully saturated rings. The fourth-order valence-electron chi connectivity index (χ4n) is 3.16. The molecule has 0 aromatic carbocycles. The van der Waals surface area contributed by atoms with Crippen LogP contribution in [0.25, 0.3) is 0 Å². The van der Waals surface area contributed by atoms with Crippen LogP contribution in [-0.4, -0.2) is 84.7 Å². The summed E-state index contributed by atoms with van der Waals surface area (Å²) >= 11 is 0. The summed E-state index contributed by atoms with van der Waals surface area (Å²) in [6.07, 6.45) is 5.95. The number of hydrogen-bond acceptors (Lipinski definition) is 4. The van der Waals surface area contributed by atoms with Crippen LogP contribution in [0.4, 0.5) is 0 Å². The van der Waals surface area contributed by atoms with Crippen molar-refractivity contribution in [2.75, 3.05) is 59.0 Å². The lowest BCUT2D eigenvalue weighted by atomic mass is 10.2. The van der Waals surface area contributed by atoms with Crippen molar-refractivity contribution in [1.29, 1.82) is 0 Å². The molecular formula is C15H29N3O2. The monoisotopic (exact) mass is 283 g/mol. The quantitative estimate of drug-likeness (QED) is 0.811. The lowest BCUT2D eigenvalue weighted by Crippen LogP contribution is -2.42. The highest BCUT2D eigenvalue weighted by molar-refractivity contribution is 5.78. The molecule has 2 aliphatic rings. The molecule has 2 aliphatic heterocycles. The minimum absolute atomic E-state index is 0.229. The minimum atomic E-state index is 0.229. The number of amides is 1. The van der Waals surface area contributed by atoms with Crippen LogP contribution in [-0.2, 0) is 4.79 Å². The second-order valence-corrected chi connectivity index (χ2v) is 5.99. The molecule has 0 unspecified atom stereocenters. The van der Waals surface area contributed by atoms with Crippen molar-refractivity contribution in [2.45, 2.75) is 32.1 Å². The number of nitrogens with zero attached hydrogens (tertiary/aromatic N) is 3. The predicted octanol–water partition coefficient (Wildman–Crippen LogP) is 0.389. The molecule has 5 nitrogen and oxygen atoms in total. The van der Waals surface area contributed by atoms with Gasteiger partial charge in [0.15, 0.2) is 0 Å². The largest absolute Gasteiger partial charge is 0.395 e. The van der Waals surface area contributed by atoms with Crippen molar-refractivity contribution in [1.82, 2.24) is 14.7 Å². The standard InChI is InChI=1S/C15H29N3O2/c19-13-12-16-6-5-7-17(11-10-16)14-15(20)18-8-3-1-2-4-9-18/h19H,1-14H2. The Balaban J connectivity index is 1.75. The Morgan fingerprint density at radius 2 is 1.45 bits per heavy atom. The summed E-state index contributed by atoms with van der Waals surface area (Å²) in [6, 6.07) is 0. The minimum Gasteiger partial charge on any atom is -0.395 e. The van der Waals surface area contributed by atoms with Crippen molar-refractivity contribution >= 4 is 5.91 Å². The van der Waals surface area contributed by atoms with E-state index < -0.39 is 0 Å². The third kappa shape index (κ3) is 5.04. The molecule has 1 amide bonds.